The molecular weight excluding hydrogens is 588 g/mol. The molecule has 0 aromatic rings. The van der Waals surface area contributed by atoms with Gasteiger partial charge in [0.25, 0.3) is 0 Å². The number of rotatable bonds is 27. The Kier molecular flexibility index (Phi) is 23.2. The van der Waals surface area contributed by atoms with Crippen LogP contribution in [0.2, 0.25) is 0 Å². The van der Waals surface area contributed by atoms with E-state index in [0.717, 1.165) is 38.5 Å². The fraction of sp³-hybridized carbons (Fsp3) is 0.914. The minimum atomic E-state index is -1.81. The van der Waals surface area contributed by atoms with Crippen LogP contribution in [-0.4, -0.2) is 87.8 Å². The average Bonchev–Trinajstić information content (AvgIpc) is 3.04. The van der Waals surface area contributed by atoms with E-state index in [1.165, 1.54) is 82.5 Å². The van der Waals surface area contributed by atoms with Crippen molar-refractivity contribution in [2.75, 3.05) is 19.7 Å². The zero-order valence-electron chi connectivity index (χ0n) is 29.3. The maximum absolute atomic E-state index is 13.9. The zero-order chi connectivity index (χ0) is 34.2. The van der Waals surface area contributed by atoms with Crippen LogP contribution in [0.25, 0.3) is 0 Å². The molecule has 0 aromatic heterocycles. The number of aliphatic hydroxyl groups is 3. The fourth-order valence-corrected chi connectivity index (χ4v) is 6.14. The first-order valence-electron chi connectivity index (χ1n) is 18.4. The van der Waals surface area contributed by atoms with Crippen LogP contribution < -0.4 is 16.4 Å². The van der Waals surface area contributed by atoms with Gasteiger partial charge in [-0.15, -0.1) is 0 Å². The number of nitrogens with zero attached hydrogens (tertiary/aromatic N) is 1. The summed E-state index contributed by atoms with van der Waals surface area (Å²) in [4.78, 5) is 40.6. The molecule has 0 radical (unpaired) electrons. The van der Waals surface area contributed by atoms with E-state index in [0.29, 0.717) is 12.8 Å². The van der Waals surface area contributed by atoms with Crippen LogP contribution in [0.4, 0.5) is 0 Å². The minimum absolute atomic E-state index is 0.224. The van der Waals surface area contributed by atoms with E-state index < -0.39 is 48.6 Å². The quantitative estimate of drug-likeness (QED) is 0.0558. The standard InChI is InChI=1S/C35H68N4O7/c1-4-6-8-10-12-14-16-18-20-22-24-39(32(43)23-21-19-17-15-13-11-9-7-5-2)35(25-29(41)33(44)30(27-40)46-35)38-34(45)28(3)37-31(42)26-36/h28-30,33,40-41,44H,4-27,36H2,1-3H3,(H,37,42)(H,38,45)/t28-,29+,30+,33-,35-/m0/s1. The van der Waals surface area contributed by atoms with Gasteiger partial charge >= 0.3 is 0 Å². The first kappa shape index (κ1) is 42.2. The van der Waals surface area contributed by atoms with E-state index in [1.54, 1.807) is 0 Å². The summed E-state index contributed by atoms with van der Waals surface area (Å²) in [6, 6.07) is -1.00. The molecule has 1 fully saturated rings. The predicted octanol–water partition coefficient (Wildman–Crippen LogP) is 4.39. The molecule has 0 aromatic carbocycles. The highest BCUT2D eigenvalue weighted by Crippen LogP contribution is 2.32. The van der Waals surface area contributed by atoms with E-state index in [9.17, 15) is 29.7 Å². The second-order valence-corrected chi connectivity index (χ2v) is 13.2. The number of unbranched alkanes of at least 4 members (excludes halogenated alkanes) is 17. The highest BCUT2D eigenvalue weighted by atomic mass is 16.6. The molecule has 46 heavy (non-hydrogen) atoms. The summed E-state index contributed by atoms with van der Waals surface area (Å²) in [6.45, 7) is 5.28. The van der Waals surface area contributed by atoms with E-state index in [4.69, 9.17) is 10.5 Å². The largest absolute Gasteiger partial charge is 0.394 e. The van der Waals surface area contributed by atoms with Gasteiger partial charge in [-0.25, -0.2) is 0 Å². The van der Waals surface area contributed by atoms with E-state index in [1.807, 2.05) is 0 Å². The predicted molar refractivity (Wildman–Crippen MR) is 182 cm³/mol. The first-order chi connectivity index (χ1) is 22.1. The summed E-state index contributed by atoms with van der Waals surface area (Å²) in [6.07, 6.45) is 17.1. The number of hydrogen-bond donors (Lipinski definition) is 6. The van der Waals surface area contributed by atoms with Crippen LogP contribution in [0.5, 0.6) is 0 Å². The molecule has 0 spiro atoms. The lowest BCUT2D eigenvalue weighted by molar-refractivity contribution is -0.280. The summed E-state index contributed by atoms with van der Waals surface area (Å²) in [7, 11) is 0. The molecule has 270 valence electrons. The maximum Gasteiger partial charge on any atom is 0.245 e. The van der Waals surface area contributed by atoms with Crippen molar-refractivity contribution < 1.29 is 34.4 Å². The van der Waals surface area contributed by atoms with Crippen molar-refractivity contribution >= 4 is 17.7 Å². The number of nitrogens with two attached hydrogens (primary N) is 1. The van der Waals surface area contributed by atoms with Gasteiger partial charge in [-0.1, -0.05) is 123 Å². The van der Waals surface area contributed by atoms with E-state index >= 15 is 0 Å². The Labute approximate surface area is 278 Å². The number of ether oxygens (including phenoxy) is 1. The van der Waals surface area contributed by atoms with Crippen LogP contribution >= 0.6 is 0 Å². The second-order valence-electron chi connectivity index (χ2n) is 13.2. The molecule has 0 aliphatic carbocycles. The highest BCUT2D eigenvalue weighted by Gasteiger charge is 2.52. The number of amides is 3. The molecule has 11 nitrogen and oxygen atoms in total. The number of aliphatic hydroxyl groups excluding tert-OH is 3. The normalized spacial score (nSPS) is 21.9. The summed E-state index contributed by atoms with van der Waals surface area (Å²) >= 11 is 0. The molecule has 1 aliphatic heterocycles. The summed E-state index contributed by atoms with van der Waals surface area (Å²) in [5, 5.41) is 36.7. The number of nitrogens with one attached hydrogen (secondary N) is 2. The molecule has 1 rings (SSSR count). The zero-order valence-corrected chi connectivity index (χ0v) is 29.3. The third-order valence-electron chi connectivity index (χ3n) is 9.03. The van der Waals surface area contributed by atoms with Crippen LogP contribution in [0.3, 0.4) is 0 Å². The van der Waals surface area contributed by atoms with Crippen molar-refractivity contribution in [1.29, 1.82) is 0 Å². The van der Waals surface area contributed by atoms with Crippen molar-refractivity contribution in [2.24, 2.45) is 5.73 Å². The Bertz CT molecular complexity index is 833. The number of carbonyl (C=O) groups is 3. The molecule has 1 saturated heterocycles. The van der Waals surface area contributed by atoms with Crippen LogP contribution in [0.15, 0.2) is 0 Å². The van der Waals surface area contributed by atoms with Gasteiger partial charge in [-0.2, -0.15) is 0 Å². The molecular formula is C35H68N4O7. The van der Waals surface area contributed by atoms with E-state index in [-0.39, 0.29) is 31.8 Å². The van der Waals surface area contributed by atoms with Crippen molar-refractivity contribution in [2.45, 2.75) is 186 Å². The Morgan fingerprint density at radius 3 is 1.78 bits per heavy atom. The summed E-state index contributed by atoms with van der Waals surface area (Å²) < 4.78 is 6.15. The Balaban J connectivity index is 3.02. The topological polar surface area (TPSA) is 174 Å². The third-order valence-corrected chi connectivity index (χ3v) is 9.03. The van der Waals surface area contributed by atoms with Gasteiger partial charge in [0.05, 0.1) is 19.3 Å². The number of hydrogen-bond acceptors (Lipinski definition) is 8. The average molecular weight is 657 g/mol. The smallest absolute Gasteiger partial charge is 0.245 e. The first-order valence-corrected chi connectivity index (χ1v) is 18.4. The molecule has 11 heteroatoms. The van der Waals surface area contributed by atoms with Gasteiger partial charge < -0.3 is 36.4 Å². The maximum atomic E-state index is 13.9. The highest BCUT2D eigenvalue weighted by molar-refractivity contribution is 5.88. The Hall–Kier alpha value is -1.79. The molecule has 0 bridgehead atoms. The molecule has 0 saturated carbocycles. The van der Waals surface area contributed by atoms with Crippen molar-refractivity contribution in [3.63, 3.8) is 0 Å². The molecule has 3 amide bonds. The lowest BCUT2D eigenvalue weighted by Gasteiger charge is -2.51. The van der Waals surface area contributed by atoms with Crippen LogP contribution in [0.1, 0.15) is 156 Å². The van der Waals surface area contributed by atoms with Crippen molar-refractivity contribution in [3.8, 4) is 0 Å². The molecule has 0 unspecified atom stereocenters. The molecule has 1 aliphatic rings. The Morgan fingerprint density at radius 1 is 0.826 bits per heavy atom. The fourth-order valence-electron chi connectivity index (χ4n) is 6.14. The Morgan fingerprint density at radius 2 is 1.30 bits per heavy atom. The molecule has 7 N–H and O–H groups in total. The SMILES string of the molecule is CCCCCCCCCCCCN(C(=O)CCCCCCCCCCC)[C@@]1(NC(=O)[C@H](C)NC(=O)CN)C[C@@H](O)[C@H](O)[C@@H](CO)O1. The van der Waals surface area contributed by atoms with Gasteiger partial charge in [-0.3, -0.25) is 19.3 Å². The molecule has 5 atom stereocenters. The van der Waals surface area contributed by atoms with Gasteiger partial charge in [0.15, 0.2) is 0 Å². The summed E-state index contributed by atoms with van der Waals surface area (Å²) in [5.41, 5.74) is 5.41. The number of carbonyl (C=O) groups excluding carboxylic acids is 3. The monoisotopic (exact) mass is 657 g/mol. The lowest BCUT2D eigenvalue weighted by atomic mass is 9.96. The lowest BCUT2D eigenvalue weighted by Crippen LogP contribution is -2.72. The third kappa shape index (κ3) is 16.4. The van der Waals surface area contributed by atoms with Gasteiger partial charge in [0.1, 0.15) is 18.2 Å². The minimum Gasteiger partial charge on any atom is -0.394 e. The van der Waals surface area contributed by atoms with Crippen molar-refractivity contribution in [3.05, 3.63) is 0 Å². The van der Waals surface area contributed by atoms with E-state index in [2.05, 4.69) is 24.5 Å². The second kappa shape index (κ2) is 25.3. The van der Waals surface area contributed by atoms with Gasteiger partial charge in [-0.05, 0) is 19.8 Å². The molecule has 1 heterocycles. The van der Waals surface area contributed by atoms with Crippen LogP contribution in [0, 0.1) is 0 Å². The van der Waals surface area contributed by atoms with Crippen LogP contribution in [-0.2, 0) is 19.1 Å². The van der Waals surface area contributed by atoms with Gasteiger partial charge in [0.2, 0.25) is 23.6 Å². The summed E-state index contributed by atoms with van der Waals surface area (Å²) in [5.74, 6) is -3.18. The van der Waals surface area contributed by atoms with Crippen molar-refractivity contribution in [1.82, 2.24) is 15.5 Å². The van der Waals surface area contributed by atoms with Gasteiger partial charge in [0, 0.05) is 19.4 Å².